The van der Waals surface area contributed by atoms with Gasteiger partial charge in [-0.25, -0.2) is 9.97 Å². The van der Waals surface area contributed by atoms with Crippen molar-refractivity contribution in [3.63, 3.8) is 0 Å². The number of hydrogen-bond acceptors (Lipinski definition) is 5. The quantitative estimate of drug-likeness (QED) is 0.248. The van der Waals surface area contributed by atoms with Gasteiger partial charge in [-0.3, -0.25) is 9.20 Å². The number of carbonyl (C=O) groups excluding carboxylic acids is 1. The summed E-state index contributed by atoms with van der Waals surface area (Å²) in [5, 5.41) is 0. The van der Waals surface area contributed by atoms with Crippen LogP contribution in [0.4, 0.5) is 0 Å². The first-order valence-corrected chi connectivity index (χ1v) is 12.2. The highest BCUT2D eigenvalue weighted by atomic mass is 16.5. The maximum Gasteiger partial charge on any atom is 0.309 e. The van der Waals surface area contributed by atoms with Crippen LogP contribution in [0.1, 0.15) is 60.7 Å². The fourth-order valence-electron chi connectivity index (χ4n) is 4.54. The third-order valence-electron chi connectivity index (χ3n) is 6.10. The average Bonchev–Trinajstić information content (AvgIpc) is 3.40. The average molecular weight is 480 g/mol. The number of furan rings is 1. The molecule has 3 aromatic heterocycles. The Morgan fingerprint density at radius 1 is 0.972 bits per heavy atom. The van der Waals surface area contributed by atoms with E-state index in [1.54, 1.807) is 0 Å². The van der Waals surface area contributed by atoms with Gasteiger partial charge in [0.15, 0.2) is 5.65 Å². The second kappa shape index (κ2) is 9.82. The van der Waals surface area contributed by atoms with E-state index in [9.17, 15) is 4.79 Å². The molecule has 0 atom stereocenters. The van der Waals surface area contributed by atoms with Crippen LogP contribution in [-0.4, -0.2) is 20.3 Å². The lowest BCUT2D eigenvalue weighted by Crippen LogP contribution is -2.07. The Bertz CT molecular complexity index is 1520. The number of aromatic nitrogens is 3. The van der Waals surface area contributed by atoms with Crippen molar-refractivity contribution in [1.82, 2.24) is 14.4 Å². The largest absolute Gasteiger partial charge is 0.465 e. The standard InChI is InChI=1S/C30H29N3O3/c1-19(2)28-20(3)15-24(36-28)17-26-30(35-21(4)34)33-18-27(23-13-9-6-10-14-23)31-25(29(33)32-26)16-22-11-7-5-8-12-22/h5-15,18-19H,16-17H2,1-4H3. The van der Waals surface area contributed by atoms with Crippen LogP contribution in [0.5, 0.6) is 5.88 Å². The van der Waals surface area contributed by atoms with Gasteiger partial charge in [-0.05, 0) is 24.1 Å². The third kappa shape index (κ3) is 4.80. The molecule has 6 nitrogen and oxygen atoms in total. The number of nitrogens with zero attached hydrogens (tertiary/aromatic N) is 3. The Balaban J connectivity index is 1.68. The normalized spacial score (nSPS) is 11.4. The second-order valence-electron chi connectivity index (χ2n) is 9.34. The minimum Gasteiger partial charge on any atom is -0.465 e. The molecule has 5 aromatic rings. The van der Waals surface area contributed by atoms with Crippen molar-refractivity contribution in [3.8, 4) is 17.1 Å². The Kier molecular flexibility index (Phi) is 6.42. The fourth-order valence-corrected chi connectivity index (χ4v) is 4.54. The molecule has 36 heavy (non-hydrogen) atoms. The number of ether oxygens (including phenoxy) is 1. The van der Waals surface area contributed by atoms with E-state index in [-0.39, 0.29) is 5.92 Å². The smallest absolute Gasteiger partial charge is 0.309 e. The van der Waals surface area contributed by atoms with Crippen molar-refractivity contribution in [2.75, 3.05) is 0 Å². The first-order valence-electron chi connectivity index (χ1n) is 12.2. The topological polar surface area (TPSA) is 69.6 Å². The molecule has 3 heterocycles. The van der Waals surface area contributed by atoms with Crippen molar-refractivity contribution in [2.45, 2.75) is 46.5 Å². The van der Waals surface area contributed by atoms with Gasteiger partial charge in [0, 0.05) is 31.0 Å². The van der Waals surface area contributed by atoms with Crippen molar-refractivity contribution < 1.29 is 13.9 Å². The van der Waals surface area contributed by atoms with E-state index in [4.69, 9.17) is 19.1 Å². The summed E-state index contributed by atoms with van der Waals surface area (Å²) in [6.07, 6.45) is 2.89. The van der Waals surface area contributed by atoms with E-state index in [1.807, 2.05) is 72.1 Å². The van der Waals surface area contributed by atoms with Crippen molar-refractivity contribution in [3.05, 3.63) is 107 Å². The highest BCUT2D eigenvalue weighted by Crippen LogP contribution is 2.31. The zero-order chi connectivity index (χ0) is 25.2. The summed E-state index contributed by atoms with van der Waals surface area (Å²) in [6, 6.07) is 22.2. The van der Waals surface area contributed by atoms with Crippen LogP contribution < -0.4 is 4.74 Å². The summed E-state index contributed by atoms with van der Waals surface area (Å²) in [6.45, 7) is 7.67. The highest BCUT2D eigenvalue weighted by Gasteiger charge is 2.22. The lowest BCUT2D eigenvalue weighted by molar-refractivity contribution is -0.132. The summed E-state index contributed by atoms with van der Waals surface area (Å²) in [7, 11) is 0. The molecule has 0 spiro atoms. The number of benzene rings is 2. The van der Waals surface area contributed by atoms with Crippen LogP contribution in [0.2, 0.25) is 0 Å². The minimum absolute atomic E-state index is 0.280. The zero-order valence-corrected chi connectivity index (χ0v) is 21.0. The predicted molar refractivity (Wildman–Crippen MR) is 139 cm³/mol. The maximum absolute atomic E-state index is 12.1. The molecule has 0 fully saturated rings. The number of esters is 1. The fraction of sp³-hybridized carbons (Fsp3) is 0.233. The molecule has 2 aromatic carbocycles. The summed E-state index contributed by atoms with van der Waals surface area (Å²) < 4.78 is 13.7. The van der Waals surface area contributed by atoms with Gasteiger partial charge in [0.1, 0.15) is 17.2 Å². The molecular weight excluding hydrogens is 450 g/mol. The minimum atomic E-state index is -0.403. The predicted octanol–water partition coefficient (Wildman–Crippen LogP) is 6.53. The van der Waals surface area contributed by atoms with E-state index in [0.29, 0.717) is 30.1 Å². The van der Waals surface area contributed by atoms with Gasteiger partial charge < -0.3 is 9.15 Å². The lowest BCUT2D eigenvalue weighted by Gasteiger charge is -2.10. The molecule has 0 bridgehead atoms. The Morgan fingerprint density at radius 2 is 1.67 bits per heavy atom. The van der Waals surface area contributed by atoms with Gasteiger partial charge in [-0.1, -0.05) is 74.5 Å². The molecule has 0 N–H and O–H groups in total. The van der Waals surface area contributed by atoms with Gasteiger partial charge in [-0.2, -0.15) is 0 Å². The summed E-state index contributed by atoms with van der Waals surface area (Å²) in [4.78, 5) is 22.1. The number of carbonyl (C=O) groups is 1. The van der Waals surface area contributed by atoms with Gasteiger partial charge >= 0.3 is 5.97 Å². The van der Waals surface area contributed by atoms with Gasteiger partial charge in [0.25, 0.3) is 0 Å². The molecule has 0 saturated heterocycles. The van der Waals surface area contributed by atoms with Crippen molar-refractivity contribution in [1.29, 1.82) is 0 Å². The molecule has 6 heteroatoms. The number of fused-ring (bicyclic) bond motifs is 1. The van der Waals surface area contributed by atoms with Crippen molar-refractivity contribution >= 4 is 11.6 Å². The maximum atomic E-state index is 12.1. The lowest BCUT2D eigenvalue weighted by atomic mass is 10.1. The molecule has 0 aliphatic rings. The first kappa shape index (κ1) is 23.5. The number of imidazole rings is 1. The summed E-state index contributed by atoms with van der Waals surface area (Å²) in [5.74, 6) is 2.02. The first-order chi connectivity index (χ1) is 17.4. The number of rotatable bonds is 7. The second-order valence-corrected chi connectivity index (χ2v) is 9.34. The molecule has 5 rings (SSSR count). The van der Waals surface area contributed by atoms with Crippen LogP contribution in [0.3, 0.4) is 0 Å². The molecule has 0 saturated carbocycles. The zero-order valence-electron chi connectivity index (χ0n) is 21.0. The Morgan fingerprint density at radius 3 is 2.31 bits per heavy atom. The third-order valence-corrected chi connectivity index (χ3v) is 6.10. The summed E-state index contributed by atoms with van der Waals surface area (Å²) in [5.41, 5.74) is 6.09. The molecule has 0 unspecified atom stereocenters. The highest BCUT2D eigenvalue weighted by molar-refractivity contribution is 5.70. The van der Waals surface area contributed by atoms with Crippen molar-refractivity contribution in [2.24, 2.45) is 0 Å². The van der Waals surface area contributed by atoms with Crippen LogP contribution in [-0.2, 0) is 17.6 Å². The molecular formula is C30H29N3O3. The Labute approximate surface area is 210 Å². The van der Waals surface area contributed by atoms with Gasteiger partial charge in [0.05, 0.1) is 17.8 Å². The number of hydrogen-bond donors (Lipinski definition) is 0. The van der Waals surface area contributed by atoms with Gasteiger partial charge in [0.2, 0.25) is 5.88 Å². The van der Waals surface area contributed by atoms with E-state index in [0.717, 1.165) is 39.6 Å². The number of aryl methyl sites for hydroxylation is 1. The van der Waals surface area contributed by atoms with E-state index in [2.05, 4.69) is 26.0 Å². The van der Waals surface area contributed by atoms with Crippen LogP contribution in [0.15, 0.2) is 77.3 Å². The van der Waals surface area contributed by atoms with Crippen LogP contribution in [0.25, 0.3) is 16.9 Å². The van der Waals surface area contributed by atoms with E-state index < -0.39 is 5.97 Å². The van der Waals surface area contributed by atoms with E-state index in [1.165, 1.54) is 6.92 Å². The monoisotopic (exact) mass is 479 g/mol. The van der Waals surface area contributed by atoms with Gasteiger partial charge in [-0.15, -0.1) is 0 Å². The molecule has 0 aliphatic carbocycles. The molecule has 182 valence electrons. The summed E-state index contributed by atoms with van der Waals surface area (Å²) >= 11 is 0. The molecule has 0 aliphatic heterocycles. The van der Waals surface area contributed by atoms with E-state index >= 15 is 0 Å². The Hall–Kier alpha value is -4.19. The van der Waals surface area contributed by atoms with Crippen LogP contribution in [0, 0.1) is 6.92 Å². The molecule has 0 amide bonds. The SMILES string of the molecule is CC(=O)Oc1c(Cc2cc(C)c(C(C)C)o2)nc2c(Cc3ccccc3)nc(-c3ccccc3)cn12. The molecule has 0 radical (unpaired) electrons. The van der Waals surface area contributed by atoms with Crippen LogP contribution >= 0.6 is 0 Å².